The predicted octanol–water partition coefficient (Wildman–Crippen LogP) is -0.543. The first-order chi connectivity index (χ1) is 7.43. The van der Waals surface area contributed by atoms with Crippen molar-refractivity contribution in [3.05, 3.63) is 0 Å². The summed E-state index contributed by atoms with van der Waals surface area (Å²) in [5, 5.41) is 11.2. The number of hydrogen-bond donors (Lipinski definition) is 3. The van der Waals surface area contributed by atoms with Crippen LogP contribution in [0.15, 0.2) is 0 Å². The Hall–Kier alpha value is -0.690. The molecule has 0 heterocycles. The van der Waals surface area contributed by atoms with Gasteiger partial charge in [0.05, 0.1) is 6.61 Å². The molecule has 2 atom stereocenters. The summed E-state index contributed by atoms with van der Waals surface area (Å²) in [7, 11) is 1.57. The minimum Gasteiger partial charge on any atom is -0.460 e. The molecule has 0 aromatic rings. The van der Waals surface area contributed by atoms with E-state index < -0.39 is 6.23 Å². The highest BCUT2D eigenvalue weighted by Crippen LogP contribution is 1.90. The van der Waals surface area contributed by atoms with Gasteiger partial charge in [-0.2, -0.15) is 0 Å². The van der Waals surface area contributed by atoms with E-state index in [4.69, 9.17) is 20.3 Å². The van der Waals surface area contributed by atoms with Crippen molar-refractivity contribution in [1.29, 1.82) is 0 Å². The Bertz CT molecular complexity index is 165. The van der Waals surface area contributed by atoms with Crippen molar-refractivity contribution in [1.82, 2.24) is 5.32 Å². The van der Waals surface area contributed by atoms with Gasteiger partial charge in [-0.1, -0.05) is 0 Å². The zero-order valence-corrected chi connectivity index (χ0v) is 10.5. The van der Waals surface area contributed by atoms with Crippen LogP contribution in [0.25, 0.3) is 0 Å². The number of aliphatic hydroxyl groups excluding tert-OH is 1. The van der Waals surface area contributed by atoms with Crippen LogP contribution in [-0.4, -0.2) is 50.2 Å². The maximum Gasteiger partial charge on any atom is 0.302 e. The molecule has 16 heavy (non-hydrogen) atoms. The van der Waals surface area contributed by atoms with Gasteiger partial charge in [0, 0.05) is 27.1 Å². The van der Waals surface area contributed by atoms with Crippen LogP contribution in [0.3, 0.4) is 0 Å². The number of rotatable bonds is 6. The van der Waals surface area contributed by atoms with Gasteiger partial charge in [0.25, 0.3) is 0 Å². The third kappa shape index (κ3) is 19.0. The zero-order chi connectivity index (χ0) is 13.0. The molecule has 6 heteroatoms. The Morgan fingerprint density at radius 1 is 1.50 bits per heavy atom. The Kier molecular flexibility index (Phi) is 13.7. The molecule has 0 amide bonds. The summed E-state index contributed by atoms with van der Waals surface area (Å²) in [6, 6.07) is 0. The first-order valence-corrected chi connectivity index (χ1v) is 5.21. The average Bonchev–Trinajstić information content (AvgIpc) is 2.14. The van der Waals surface area contributed by atoms with E-state index in [-0.39, 0.29) is 12.1 Å². The highest BCUT2D eigenvalue weighted by Gasteiger charge is 2.02. The lowest BCUT2D eigenvalue weighted by molar-refractivity contribution is -0.147. The molecule has 0 rings (SSSR count). The smallest absolute Gasteiger partial charge is 0.302 e. The Balaban J connectivity index is 0. The Morgan fingerprint density at radius 3 is 2.31 bits per heavy atom. The van der Waals surface area contributed by atoms with E-state index in [1.54, 1.807) is 21.0 Å². The van der Waals surface area contributed by atoms with Gasteiger partial charge >= 0.3 is 5.97 Å². The zero-order valence-electron chi connectivity index (χ0n) is 10.5. The molecule has 0 saturated heterocycles. The summed E-state index contributed by atoms with van der Waals surface area (Å²) < 4.78 is 9.45. The summed E-state index contributed by atoms with van der Waals surface area (Å²) in [6.45, 7) is 6.54. The number of methoxy groups -OCH3 is 1. The average molecular weight is 236 g/mol. The number of esters is 1. The van der Waals surface area contributed by atoms with Gasteiger partial charge in [-0.25, -0.2) is 0 Å². The van der Waals surface area contributed by atoms with Gasteiger partial charge in [-0.05, 0) is 13.8 Å². The molecule has 0 aliphatic heterocycles. The monoisotopic (exact) mass is 236 g/mol. The standard InChI is InChI=1S/C6H12O3.C4H12N2O/c1-5(4-8-3)9-6(2)7;1-4(7)6-3-2-5/h5H,4H2,1-3H3;4,6-7H,2-3,5H2,1H3. The van der Waals surface area contributed by atoms with Crippen molar-refractivity contribution in [3.63, 3.8) is 0 Å². The third-order valence-corrected chi connectivity index (χ3v) is 1.35. The van der Waals surface area contributed by atoms with Gasteiger partial charge < -0.3 is 20.3 Å². The molecule has 0 spiro atoms. The molecule has 0 aromatic carbocycles. The second-order valence-corrected chi connectivity index (χ2v) is 3.29. The molecule has 0 fully saturated rings. The molecule has 98 valence electrons. The van der Waals surface area contributed by atoms with Crippen LogP contribution in [0.4, 0.5) is 0 Å². The Morgan fingerprint density at radius 2 is 2.06 bits per heavy atom. The normalized spacial score (nSPS) is 13.4. The fraction of sp³-hybridized carbons (Fsp3) is 0.900. The predicted molar refractivity (Wildman–Crippen MR) is 61.8 cm³/mol. The molecule has 0 aromatic heterocycles. The van der Waals surface area contributed by atoms with E-state index in [9.17, 15) is 4.79 Å². The number of carbonyl (C=O) groups excluding carboxylic acids is 1. The second kappa shape index (κ2) is 12.4. The SMILES string of the molecule is CC(O)NCCN.COCC(C)OC(C)=O. The third-order valence-electron chi connectivity index (χ3n) is 1.35. The largest absolute Gasteiger partial charge is 0.460 e. The van der Waals surface area contributed by atoms with Crippen LogP contribution in [0.5, 0.6) is 0 Å². The van der Waals surface area contributed by atoms with Crippen molar-refractivity contribution >= 4 is 5.97 Å². The fourth-order valence-corrected chi connectivity index (χ4v) is 0.844. The first-order valence-electron chi connectivity index (χ1n) is 5.21. The topological polar surface area (TPSA) is 93.8 Å². The van der Waals surface area contributed by atoms with Crippen molar-refractivity contribution in [3.8, 4) is 0 Å². The number of ether oxygens (including phenoxy) is 2. The lowest BCUT2D eigenvalue weighted by Gasteiger charge is -2.08. The van der Waals surface area contributed by atoms with Crippen molar-refractivity contribution in [2.24, 2.45) is 5.73 Å². The summed E-state index contributed by atoms with van der Waals surface area (Å²) in [5.74, 6) is -0.264. The first kappa shape index (κ1) is 17.7. The lowest BCUT2D eigenvalue weighted by atomic mass is 10.4. The van der Waals surface area contributed by atoms with Crippen LogP contribution in [0.1, 0.15) is 20.8 Å². The molecule has 0 saturated carbocycles. The Labute approximate surface area is 97.1 Å². The molecule has 0 aliphatic carbocycles. The molecular weight excluding hydrogens is 212 g/mol. The van der Waals surface area contributed by atoms with Crippen LogP contribution < -0.4 is 11.1 Å². The summed E-state index contributed by atoms with van der Waals surface area (Å²) >= 11 is 0. The van der Waals surface area contributed by atoms with E-state index in [1.807, 2.05) is 0 Å². The highest BCUT2D eigenvalue weighted by atomic mass is 16.6. The van der Waals surface area contributed by atoms with Gasteiger partial charge in [-0.15, -0.1) is 0 Å². The number of carbonyl (C=O) groups is 1. The van der Waals surface area contributed by atoms with E-state index in [1.165, 1.54) is 6.92 Å². The van der Waals surface area contributed by atoms with E-state index in [0.29, 0.717) is 19.7 Å². The maximum atomic E-state index is 10.3. The van der Waals surface area contributed by atoms with Crippen molar-refractivity contribution in [2.45, 2.75) is 33.1 Å². The fourth-order valence-electron chi connectivity index (χ4n) is 0.844. The molecular formula is C10H24N2O4. The minimum atomic E-state index is -0.427. The molecule has 0 radical (unpaired) electrons. The van der Waals surface area contributed by atoms with Crippen LogP contribution >= 0.6 is 0 Å². The van der Waals surface area contributed by atoms with E-state index >= 15 is 0 Å². The lowest BCUT2D eigenvalue weighted by Crippen LogP contribution is -2.30. The van der Waals surface area contributed by atoms with E-state index in [2.05, 4.69) is 5.32 Å². The van der Waals surface area contributed by atoms with Crippen molar-refractivity contribution in [2.75, 3.05) is 26.8 Å². The van der Waals surface area contributed by atoms with Gasteiger partial charge in [0.1, 0.15) is 12.3 Å². The van der Waals surface area contributed by atoms with Crippen LogP contribution in [-0.2, 0) is 14.3 Å². The van der Waals surface area contributed by atoms with Gasteiger partial charge in [0.2, 0.25) is 0 Å². The number of aliphatic hydroxyl groups is 1. The van der Waals surface area contributed by atoms with Gasteiger partial charge in [-0.3, -0.25) is 10.1 Å². The number of nitrogens with two attached hydrogens (primary N) is 1. The molecule has 0 bridgehead atoms. The number of hydrogen-bond acceptors (Lipinski definition) is 6. The molecule has 6 nitrogen and oxygen atoms in total. The second-order valence-electron chi connectivity index (χ2n) is 3.29. The molecule has 0 aliphatic rings. The van der Waals surface area contributed by atoms with Crippen molar-refractivity contribution < 1.29 is 19.4 Å². The van der Waals surface area contributed by atoms with Crippen LogP contribution in [0, 0.1) is 0 Å². The molecule has 2 unspecified atom stereocenters. The quantitative estimate of drug-likeness (QED) is 0.423. The van der Waals surface area contributed by atoms with Crippen LogP contribution in [0.2, 0.25) is 0 Å². The summed E-state index contributed by atoms with van der Waals surface area (Å²) in [5.41, 5.74) is 5.10. The summed E-state index contributed by atoms with van der Waals surface area (Å²) in [4.78, 5) is 10.3. The molecule has 4 N–H and O–H groups in total. The minimum absolute atomic E-state index is 0.132. The summed E-state index contributed by atoms with van der Waals surface area (Å²) in [6.07, 6.45) is -0.559. The number of nitrogens with one attached hydrogen (secondary N) is 1. The maximum absolute atomic E-state index is 10.3. The van der Waals surface area contributed by atoms with Gasteiger partial charge in [0.15, 0.2) is 0 Å². The highest BCUT2D eigenvalue weighted by molar-refractivity contribution is 5.66. The van der Waals surface area contributed by atoms with E-state index in [0.717, 1.165) is 0 Å².